The van der Waals surface area contributed by atoms with Crippen molar-refractivity contribution in [3.05, 3.63) is 58.7 Å². The van der Waals surface area contributed by atoms with Crippen molar-refractivity contribution >= 4 is 23.9 Å². The minimum Gasteiger partial charge on any atom is -0.478 e. The molecule has 0 spiro atoms. The van der Waals surface area contributed by atoms with E-state index in [0.29, 0.717) is 74.9 Å². The van der Waals surface area contributed by atoms with Crippen molar-refractivity contribution in [2.75, 3.05) is 0 Å². The highest BCUT2D eigenvalue weighted by Gasteiger charge is 2.33. The maximum absolute atomic E-state index is 12.9. The van der Waals surface area contributed by atoms with Crippen LogP contribution in [-0.2, 0) is 21.9 Å². The highest BCUT2D eigenvalue weighted by atomic mass is 19.4. The van der Waals surface area contributed by atoms with Crippen molar-refractivity contribution in [3.63, 3.8) is 0 Å². The average Bonchev–Trinajstić information content (AvgIpc) is 2.84. The van der Waals surface area contributed by atoms with Gasteiger partial charge in [-0.15, -0.1) is 0 Å². The van der Waals surface area contributed by atoms with E-state index in [1.807, 2.05) is 0 Å². The number of hydrogen-bond acceptors (Lipinski definition) is 6. The molecule has 2 N–H and O–H groups in total. The number of carboxylic acid groups (broad SMARTS) is 2. The molecule has 0 unspecified atom stereocenters. The Hall–Kier alpha value is -4.10. The first-order valence-corrected chi connectivity index (χ1v) is 11.9. The van der Waals surface area contributed by atoms with Gasteiger partial charge in [0.05, 0.1) is 11.1 Å². The van der Waals surface area contributed by atoms with Gasteiger partial charge in [0.15, 0.2) is 0 Å². The third-order valence-electron chi connectivity index (χ3n) is 5.54. The van der Waals surface area contributed by atoms with Crippen molar-refractivity contribution in [2.24, 2.45) is 0 Å². The van der Waals surface area contributed by atoms with Gasteiger partial charge in [0.1, 0.15) is 22.6 Å². The zero-order valence-corrected chi connectivity index (χ0v) is 20.7. The summed E-state index contributed by atoms with van der Waals surface area (Å²) in [5.74, 6) is -6.34. The van der Waals surface area contributed by atoms with Crippen molar-refractivity contribution in [3.8, 4) is 11.5 Å². The maximum Gasteiger partial charge on any atom is 0.416 e. The van der Waals surface area contributed by atoms with Gasteiger partial charge in [-0.25, -0.2) is 9.59 Å². The molecule has 0 heterocycles. The summed E-state index contributed by atoms with van der Waals surface area (Å²) in [6.45, 7) is 0. The normalized spacial score (nSPS) is 11.7. The third-order valence-corrected chi connectivity index (χ3v) is 5.54. The lowest BCUT2D eigenvalue weighted by Crippen LogP contribution is -2.13. The van der Waals surface area contributed by atoms with Gasteiger partial charge in [0.2, 0.25) is 0 Å². The first-order chi connectivity index (χ1) is 18.6. The van der Waals surface area contributed by atoms with Crippen LogP contribution in [0.2, 0.25) is 0 Å². The lowest BCUT2D eigenvalue weighted by Gasteiger charge is -2.12. The fourth-order valence-corrected chi connectivity index (χ4v) is 3.51. The highest BCUT2D eigenvalue weighted by molar-refractivity contribution is 5.92. The van der Waals surface area contributed by atoms with Crippen LogP contribution in [0.15, 0.2) is 36.4 Å². The quantitative estimate of drug-likeness (QED) is 0.116. The average molecular weight is 578 g/mol. The van der Waals surface area contributed by atoms with Gasteiger partial charge in [0, 0.05) is 12.8 Å². The second-order valence-corrected chi connectivity index (χ2v) is 8.60. The monoisotopic (exact) mass is 578 g/mol. The molecule has 0 amide bonds. The number of ether oxygens (including phenoxy) is 2. The van der Waals surface area contributed by atoms with Gasteiger partial charge >= 0.3 is 36.2 Å². The van der Waals surface area contributed by atoms with Gasteiger partial charge in [-0.05, 0) is 49.2 Å². The van der Waals surface area contributed by atoms with Crippen LogP contribution in [0.4, 0.5) is 26.3 Å². The smallest absolute Gasteiger partial charge is 0.416 e. The zero-order chi connectivity index (χ0) is 30.1. The summed E-state index contributed by atoms with van der Waals surface area (Å²) >= 11 is 0. The predicted molar refractivity (Wildman–Crippen MR) is 125 cm³/mol. The number of rotatable bonds is 13. The Kier molecular flexibility index (Phi) is 11.1. The van der Waals surface area contributed by atoms with E-state index in [0.717, 1.165) is 0 Å². The fraction of sp³-hybridized carbons (Fsp3) is 0.385. The first-order valence-electron chi connectivity index (χ1n) is 11.9. The van der Waals surface area contributed by atoms with E-state index < -0.39 is 70.0 Å². The zero-order valence-electron chi connectivity index (χ0n) is 20.7. The minimum atomic E-state index is -4.76. The van der Waals surface area contributed by atoms with Crippen molar-refractivity contribution in [2.45, 2.75) is 63.7 Å². The Morgan fingerprint density at radius 1 is 0.575 bits per heavy atom. The number of aromatic carboxylic acids is 2. The number of alkyl halides is 6. The SMILES string of the molecule is O=C(CCCCCCCCC(=O)Oc1cc(C(F)(F)F)ccc1C(=O)O)Oc1cc(C(F)(F)F)ccc1C(=O)O. The molecule has 2 rings (SSSR count). The number of halogens is 6. The summed E-state index contributed by atoms with van der Waals surface area (Å²) in [5.41, 5.74) is -3.51. The van der Waals surface area contributed by atoms with Crippen molar-refractivity contribution in [1.82, 2.24) is 0 Å². The highest BCUT2D eigenvalue weighted by Crippen LogP contribution is 2.34. The van der Waals surface area contributed by atoms with Gasteiger partial charge in [0.25, 0.3) is 0 Å². The Balaban J connectivity index is 1.72. The van der Waals surface area contributed by atoms with Gasteiger partial charge < -0.3 is 19.7 Å². The number of carboxylic acids is 2. The van der Waals surface area contributed by atoms with Crippen LogP contribution in [-0.4, -0.2) is 34.1 Å². The van der Waals surface area contributed by atoms with E-state index in [4.69, 9.17) is 19.7 Å². The number of benzene rings is 2. The lowest BCUT2D eigenvalue weighted by atomic mass is 10.1. The van der Waals surface area contributed by atoms with Crippen LogP contribution in [0, 0.1) is 0 Å². The molecule has 0 aliphatic carbocycles. The summed E-state index contributed by atoms with van der Waals surface area (Å²) in [6, 6.07) is 3.43. The second kappa shape index (κ2) is 13.8. The van der Waals surface area contributed by atoms with Crippen LogP contribution in [0.3, 0.4) is 0 Å². The molecular formula is C26H24F6O8. The molecule has 8 nitrogen and oxygen atoms in total. The molecule has 0 atom stereocenters. The maximum atomic E-state index is 12.9. The predicted octanol–water partition coefficient (Wildman–Crippen LogP) is 6.75. The third kappa shape index (κ3) is 9.89. The Labute approximate surface area is 223 Å². The molecule has 0 radical (unpaired) electrons. The van der Waals surface area contributed by atoms with Crippen LogP contribution in [0.25, 0.3) is 0 Å². The van der Waals surface area contributed by atoms with E-state index in [1.165, 1.54) is 0 Å². The molecule has 0 saturated heterocycles. The summed E-state index contributed by atoms with van der Waals surface area (Å²) in [4.78, 5) is 46.4. The molecule has 40 heavy (non-hydrogen) atoms. The minimum absolute atomic E-state index is 0.176. The molecule has 2 aromatic carbocycles. The van der Waals surface area contributed by atoms with Crippen LogP contribution in [0.1, 0.15) is 83.2 Å². The molecule has 0 aliphatic heterocycles. The molecular weight excluding hydrogens is 554 g/mol. The summed E-state index contributed by atoms with van der Waals surface area (Å²) < 4.78 is 87.0. The largest absolute Gasteiger partial charge is 0.478 e. The van der Waals surface area contributed by atoms with Crippen LogP contribution in [0.5, 0.6) is 11.5 Å². The van der Waals surface area contributed by atoms with Gasteiger partial charge in [-0.3, -0.25) is 9.59 Å². The fourth-order valence-electron chi connectivity index (χ4n) is 3.51. The molecule has 2 aromatic rings. The topological polar surface area (TPSA) is 127 Å². The molecule has 218 valence electrons. The van der Waals surface area contributed by atoms with E-state index in [2.05, 4.69) is 0 Å². The summed E-state index contributed by atoms with van der Waals surface area (Å²) in [5, 5.41) is 18.2. The molecule has 0 aromatic heterocycles. The molecule has 0 bridgehead atoms. The van der Waals surface area contributed by atoms with Gasteiger partial charge in [-0.1, -0.05) is 25.7 Å². The van der Waals surface area contributed by atoms with Crippen LogP contribution < -0.4 is 9.47 Å². The molecule has 0 aliphatic rings. The summed E-state index contributed by atoms with van der Waals surface area (Å²) in [7, 11) is 0. The van der Waals surface area contributed by atoms with Gasteiger partial charge in [-0.2, -0.15) is 26.3 Å². The number of esters is 2. The van der Waals surface area contributed by atoms with E-state index in [9.17, 15) is 45.5 Å². The standard InChI is InChI=1S/C26H24F6O8/c27-25(28,29)15-9-11-17(23(35)36)19(13-15)39-21(33)7-5-3-1-2-4-6-8-22(34)40-20-14-16(26(30,31)32)10-12-18(20)24(37)38/h9-14H,1-8H2,(H,35,36)(H,37,38). The Morgan fingerprint density at radius 2 is 0.900 bits per heavy atom. The number of unbranched alkanes of at least 4 members (excludes halogenated alkanes) is 5. The van der Waals surface area contributed by atoms with Crippen molar-refractivity contribution in [1.29, 1.82) is 0 Å². The molecule has 0 saturated carbocycles. The second-order valence-electron chi connectivity index (χ2n) is 8.60. The number of carbonyl (C=O) groups excluding carboxylic acids is 2. The van der Waals surface area contributed by atoms with E-state index >= 15 is 0 Å². The number of hydrogen-bond donors (Lipinski definition) is 2. The lowest BCUT2D eigenvalue weighted by molar-refractivity contribution is -0.139. The van der Waals surface area contributed by atoms with E-state index in [-0.39, 0.29) is 12.8 Å². The summed E-state index contributed by atoms with van der Waals surface area (Å²) in [6.07, 6.45) is -7.03. The first kappa shape index (κ1) is 32.1. The molecule has 0 fully saturated rings. The van der Waals surface area contributed by atoms with E-state index in [1.54, 1.807) is 0 Å². The van der Waals surface area contributed by atoms with Crippen molar-refractivity contribution < 1.29 is 65.2 Å². The Morgan fingerprint density at radius 3 is 1.20 bits per heavy atom. The number of carbonyl (C=O) groups is 4. The Bertz CT molecular complexity index is 1140. The van der Waals surface area contributed by atoms with Crippen LogP contribution >= 0.6 is 0 Å². The molecule has 14 heteroatoms.